The van der Waals surface area contributed by atoms with Gasteiger partial charge in [-0.1, -0.05) is 12.1 Å². The Morgan fingerprint density at radius 3 is 2.88 bits per heavy atom. The van der Waals surface area contributed by atoms with Crippen LogP contribution < -0.4 is 4.74 Å². The number of aromatic nitrogens is 3. The van der Waals surface area contributed by atoms with Gasteiger partial charge in [0.2, 0.25) is 0 Å². The van der Waals surface area contributed by atoms with Crippen LogP contribution in [0.25, 0.3) is 11.0 Å². The standard InChI is InChI=1S/C19H20N4O2/c1-12-17-9-15(10-20-18(17)22-21-12)19(24)23-8-7-14(11-23)13-3-5-16(25-2)6-4-13/h3-6,9-10,14H,7-8,11H2,1-2H3,(H,20,21,22). The molecule has 2 aromatic heterocycles. The number of H-pyrrole nitrogens is 1. The molecule has 3 heterocycles. The van der Waals surface area contributed by atoms with Crippen LogP contribution in [0.15, 0.2) is 36.5 Å². The lowest BCUT2D eigenvalue weighted by Gasteiger charge is -2.17. The Bertz CT molecular complexity index is 917. The summed E-state index contributed by atoms with van der Waals surface area (Å²) in [6.45, 7) is 3.42. The highest BCUT2D eigenvalue weighted by Gasteiger charge is 2.28. The van der Waals surface area contributed by atoms with Crippen molar-refractivity contribution in [1.29, 1.82) is 0 Å². The summed E-state index contributed by atoms with van der Waals surface area (Å²) in [7, 11) is 1.66. The largest absolute Gasteiger partial charge is 0.497 e. The number of ether oxygens (including phenoxy) is 1. The fourth-order valence-electron chi connectivity index (χ4n) is 3.41. The fraction of sp³-hybridized carbons (Fsp3) is 0.316. The van der Waals surface area contributed by atoms with E-state index in [4.69, 9.17) is 4.74 Å². The average molecular weight is 336 g/mol. The van der Waals surface area contributed by atoms with Crippen molar-refractivity contribution in [3.63, 3.8) is 0 Å². The zero-order valence-electron chi connectivity index (χ0n) is 14.3. The van der Waals surface area contributed by atoms with Crippen molar-refractivity contribution in [3.05, 3.63) is 53.3 Å². The zero-order valence-corrected chi connectivity index (χ0v) is 14.3. The van der Waals surface area contributed by atoms with Crippen LogP contribution in [0.3, 0.4) is 0 Å². The quantitative estimate of drug-likeness (QED) is 0.798. The molecule has 1 atom stereocenters. The molecule has 1 amide bonds. The van der Waals surface area contributed by atoms with Gasteiger partial charge in [0.1, 0.15) is 5.75 Å². The summed E-state index contributed by atoms with van der Waals surface area (Å²) < 4.78 is 5.21. The molecule has 128 valence electrons. The number of pyridine rings is 1. The van der Waals surface area contributed by atoms with Gasteiger partial charge in [-0.3, -0.25) is 9.89 Å². The molecule has 0 bridgehead atoms. The number of benzene rings is 1. The van der Waals surface area contributed by atoms with Crippen LogP contribution >= 0.6 is 0 Å². The molecule has 1 aliphatic heterocycles. The van der Waals surface area contributed by atoms with Gasteiger partial charge < -0.3 is 9.64 Å². The van der Waals surface area contributed by atoms with Crippen LogP contribution in [-0.4, -0.2) is 46.2 Å². The normalized spacial score (nSPS) is 17.2. The Kier molecular flexibility index (Phi) is 3.87. The maximum atomic E-state index is 12.8. The first-order chi connectivity index (χ1) is 12.2. The first-order valence-corrected chi connectivity index (χ1v) is 8.39. The van der Waals surface area contributed by atoms with E-state index >= 15 is 0 Å². The van der Waals surface area contributed by atoms with Gasteiger partial charge in [0.15, 0.2) is 5.65 Å². The van der Waals surface area contributed by atoms with Crippen molar-refractivity contribution in [3.8, 4) is 5.75 Å². The van der Waals surface area contributed by atoms with Crippen LogP contribution in [0.2, 0.25) is 0 Å². The van der Waals surface area contributed by atoms with E-state index in [1.165, 1.54) is 5.56 Å². The second kappa shape index (κ2) is 6.20. The number of nitrogens with one attached hydrogen (secondary N) is 1. The van der Waals surface area contributed by atoms with E-state index < -0.39 is 0 Å². The van der Waals surface area contributed by atoms with Gasteiger partial charge in [0.05, 0.1) is 12.7 Å². The smallest absolute Gasteiger partial charge is 0.255 e. The summed E-state index contributed by atoms with van der Waals surface area (Å²) in [5, 5.41) is 7.91. The molecule has 0 radical (unpaired) electrons. The number of carbonyl (C=O) groups excluding carboxylic acids is 1. The van der Waals surface area contributed by atoms with E-state index in [1.54, 1.807) is 13.3 Å². The maximum absolute atomic E-state index is 12.8. The second-order valence-electron chi connectivity index (χ2n) is 6.45. The molecule has 1 unspecified atom stereocenters. The van der Waals surface area contributed by atoms with Crippen molar-refractivity contribution >= 4 is 16.9 Å². The third kappa shape index (κ3) is 2.84. The molecule has 3 aromatic rings. The lowest BCUT2D eigenvalue weighted by atomic mass is 9.98. The van der Waals surface area contributed by atoms with Gasteiger partial charge in [-0.25, -0.2) is 4.98 Å². The number of aryl methyl sites for hydroxylation is 1. The van der Waals surface area contributed by atoms with E-state index in [2.05, 4.69) is 27.3 Å². The average Bonchev–Trinajstić information content (AvgIpc) is 3.28. The Morgan fingerprint density at radius 1 is 1.32 bits per heavy atom. The summed E-state index contributed by atoms with van der Waals surface area (Å²) in [5.41, 5.74) is 3.43. The number of carbonyl (C=O) groups is 1. The van der Waals surface area contributed by atoms with Crippen molar-refractivity contribution in [1.82, 2.24) is 20.1 Å². The van der Waals surface area contributed by atoms with Crippen LogP contribution in [-0.2, 0) is 0 Å². The van der Waals surface area contributed by atoms with Crippen molar-refractivity contribution in [2.75, 3.05) is 20.2 Å². The minimum atomic E-state index is 0.0333. The van der Waals surface area contributed by atoms with Crippen LogP contribution in [0.5, 0.6) is 5.75 Å². The Hall–Kier alpha value is -2.89. The Balaban J connectivity index is 1.51. The van der Waals surface area contributed by atoms with Gasteiger partial charge in [-0.15, -0.1) is 0 Å². The summed E-state index contributed by atoms with van der Waals surface area (Å²) in [5.74, 6) is 1.25. The number of hydrogen-bond acceptors (Lipinski definition) is 4. The summed E-state index contributed by atoms with van der Waals surface area (Å²) in [4.78, 5) is 19.0. The van der Waals surface area contributed by atoms with Gasteiger partial charge >= 0.3 is 0 Å². The van der Waals surface area contributed by atoms with Crippen molar-refractivity contribution in [2.45, 2.75) is 19.3 Å². The summed E-state index contributed by atoms with van der Waals surface area (Å²) in [6, 6.07) is 9.99. The molecule has 25 heavy (non-hydrogen) atoms. The molecule has 1 aliphatic rings. The summed E-state index contributed by atoms with van der Waals surface area (Å²) >= 11 is 0. The molecule has 6 heteroatoms. The number of nitrogens with zero attached hydrogens (tertiary/aromatic N) is 3. The molecule has 1 fully saturated rings. The molecule has 0 aliphatic carbocycles. The first-order valence-electron chi connectivity index (χ1n) is 8.39. The maximum Gasteiger partial charge on any atom is 0.255 e. The minimum absolute atomic E-state index is 0.0333. The highest BCUT2D eigenvalue weighted by atomic mass is 16.5. The van der Waals surface area contributed by atoms with Crippen LogP contribution in [0, 0.1) is 6.92 Å². The highest BCUT2D eigenvalue weighted by Crippen LogP contribution is 2.29. The number of rotatable bonds is 3. The molecule has 0 spiro atoms. The molecule has 6 nitrogen and oxygen atoms in total. The highest BCUT2D eigenvalue weighted by molar-refractivity contribution is 5.97. The number of aromatic amines is 1. The predicted molar refractivity (Wildman–Crippen MR) is 94.9 cm³/mol. The molecular formula is C19H20N4O2. The van der Waals surface area contributed by atoms with Crippen LogP contribution in [0.1, 0.15) is 34.0 Å². The number of hydrogen-bond donors (Lipinski definition) is 1. The fourth-order valence-corrected chi connectivity index (χ4v) is 3.41. The van der Waals surface area contributed by atoms with E-state index in [9.17, 15) is 4.79 Å². The number of likely N-dealkylation sites (tertiary alicyclic amines) is 1. The van der Waals surface area contributed by atoms with E-state index in [1.807, 2.05) is 30.0 Å². The molecule has 1 saturated heterocycles. The lowest BCUT2D eigenvalue weighted by Crippen LogP contribution is -2.28. The molecular weight excluding hydrogens is 316 g/mol. The first kappa shape index (κ1) is 15.6. The minimum Gasteiger partial charge on any atom is -0.497 e. The second-order valence-corrected chi connectivity index (χ2v) is 6.45. The van der Waals surface area contributed by atoms with E-state index in [0.29, 0.717) is 17.1 Å². The van der Waals surface area contributed by atoms with E-state index in [-0.39, 0.29) is 5.91 Å². The third-order valence-electron chi connectivity index (χ3n) is 4.91. The predicted octanol–water partition coefficient (Wildman–Crippen LogP) is 2.90. The van der Waals surface area contributed by atoms with Crippen molar-refractivity contribution in [2.24, 2.45) is 0 Å². The van der Waals surface area contributed by atoms with E-state index in [0.717, 1.165) is 36.3 Å². The SMILES string of the molecule is COc1ccc(C2CCN(C(=O)c3cnc4n[nH]c(C)c4c3)C2)cc1. The third-order valence-corrected chi connectivity index (χ3v) is 4.91. The molecule has 1 N–H and O–H groups in total. The van der Waals surface area contributed by atoms with Crippen LogP contribution in [0.4, 0.5) is 0 Å². The lowest BCUT2D eigenvalue weighted by molar-refractivity contribution is 0.0790. The Morgan fingerprint density at radius 2 is 2.12 bits per heavy atom. The number of methoxy groups -OCH3 is 1. The Labute approximate surface area is 145 Å². The van der Waals surface area contributed by atoms with Gasteiger partial charge in [-0.05, 0) is 37.1 Å². The van der Waals surface area contributed by atoms with Gasteiger partial charge in [0.25, 0.3) is 5.91 Å². The number of fused-ring (bicyclic) bond motifs is 1. The van der Waals surface area contributed by atoms with Gasteiger partial charge in [-0.2, -0.15) is 5.10 Å². The zero-order chi connectivity index (χ0) is 17.4. The summed E-state index contributed by atoms with van der Waals surface area (Å²) in [6.07, 6.45) is 2.59. The monoisotopic (exact) mass is 336 g/mol. The van der Waals surface area contributed by atoms with Crippen molar-refractivity contribution < 1.29 is 9.53 Å². The number of amides is 1. The molecule has 1 aromatic carbocycles. The topological polar surface area (TPSA) is 71.1 Å². The van der Waals surface area contributed by atoms with Gasteiger partial charge in [0, 0.05) is 36.3 Å². The molecule has 4 rings (SSSR count). The molecule has 0 saturated carbocycles.